The number of hydrogen-bond donors (Lipinski definition) is 2. The molecule has 0 aromatic heterocycles. The summed E-state index contributed by atoms with van der Waals surface area (Å²) in [7, 11) is 0. The number of nitrogens with two attached hydrogens (primary N) is 1. The highest BCUT2D eigenvalue weighted by molar-refractivity contribution is 6.30. The van der Waals surface area contributed by atoms with Gasteiger partial charge in [0, 0.05) is 6.54 Å². The van der Waals surface area contributed by atoms with Crippen molar-refractivity contribution in [2.24, 2.45) is 5.73 Å². The minimum Gasteiger partial charge on any atom is -0.352 e. The number of nitrogens with one attached hydrogen (secondary N) is 1. The number of carbonyl (C=O) groups excluding carboxylic acids is 1. The van der Waals surface area contributed by atoms with Crippen LogP contribution in [0.2, 0.25) is 5.02 Å². The van der Waals surface area contributed by atoms with Crippen molar-refractivity contribution in [3.63, 3.8) is 0 Å². The van der Waals surface area contributed by atoms with Crippen molar-refractivity contribution in [1.82, 2.24) is 5.32 Å². The summed E-state index contributed by atoms with van der Waals surface area (Å²) in [6, 6.07) is 4.13. The van der Waals surface area contributed by atoms with Gasteiger partial charge in [-0.15, -0.1) is 0 Å². The number of carbonyl (C=O) groups is 1. The second-order valence-corrected chi connectivity index (χ2v) is 3.55. The zero-order chi connectivity index (χ0) is 11.3. The first-order valence-electron chi connectivity index (χ1n) is 4.57. The molecule has 0 aliphatic heterocycles. The molecule has 5 heteroatoms. The smallest absolute Gasteiger partial charge is 0.312 e. The van der Waals surface area contributed by atoms with Crippen molar-refractivity contribution in [1.29, 1.82) is 0 Å². The van der Waals surface area contributed by atoms with E-state index in [9.17, 15) is 9.18 Å². The maximum atomic E-state index is 13.0. The average molecular weight is 231 g/mol. The fourth-order valence-corrected chi connectivity index (χ4v) is 1.32. The standard InChI is InChI=1S/C10H12ClFN2O/c11-8-4-3-7(6-9(8)12)2-1-5-14-10(13)15/h3-4,6H,1-2,5H2,(H3,13,14,15). The van der Waals surface area contributed by atoms with Gasteiger partial charge in [0.2, 0.25) is 0 Å². The van der Waals surface area contributed by atoms with E-state index in [1.165, 1.54) is 12.1 Å². The fraction of sp³-hybridized carbons (Fsp3) is 0.300. The maximum absolute atomic E-state index is 13.0. The zero-order valence-corrected chi connectivity index (χ0v) is 8.85. The number of amides is 2. The summed E-state index contributed by atoms with van der Waals surface area (Å²) in [5.74, 6) is -0.419. The molecule has 0 radical (unpaired) electrons. The number of hydrogen-bond acceptors (Lipinski definition) is 1. The Hall–Kier alpha value is -1.29. The van der Waals surface area contributed by atoms with Crippen molar-refractivity contribution < 1.29 is 9.18 Å². The van der Waals surface area contributed by atoms with E-state index in [4.69, 9.17) is 17.3 Å². The molecule has 3 N–H and O–H groups in total. The van der Waals surface area contributed by atoms with Gasteiger partial charge in [0.05, 0.1) is 5.02 Å². The SMILES string of the molecule is NC(=O)NCCCc1ccc(Cl)c(F)c1. The van der Waals surface area contributed by atoms with Crippen LogP contribution in [0, 0.1) is 5.82 Å². The monoisotopic (exact) mass is 230 g/mol. The lowest BCUT2D eigenvalue weighted by molar-refractivity contribution is 0.249. The van der Waals surface area contributed by atoms with Crippen molar-refractivity contribution in [3.05, 3.63) is 34.6 Å². The molecule has 2 amide bonds. The van der Waals surface area contributed by atoms with Gasteiger partial charge < -0.3 is 11.1 Å². The van der Waals surface area contributed by atoms with E-state index in [2.05, 4.69) is 5.32 Å². The highest BCUT2D eigenvalue weighted by atomic mass is 35.5. The van der Waals surface area contributed by atoms with Crippen molar-refractivity contribution >= 4 is 17.6 Å². The van der Waals surface area contributed by atoms with E-state index in [1.54, 1.807) is 6.07 Å². The zero-order valence-electron chi connectivity index (χ0n) is 8.09. The van der Waals surface area contributed by atoms with Crippen LogP contribution in [0.1, 0.15) is 12.0 Å². The highest BCUT2D eigenvalue weighted by Gasteiger charge is 2.00. The molecule has 0 aliphatic carbocycles. The van der Waals surface area contributed by atoms with Crippen LogP contribution >= 0.6 is 11.6 Å². The van der Waals surface area contributed by atoms with Gasteiger partial charge in [-0.25, -0.2) is 9.18 Å². The molecule has 1 aromatic carbocycles. The molecule has 0 bridgehead atoms. The molecule has 0 fully saturated rings. The molecule has 0 unspecified atom stereocenters. The second kappa shape index (κ2) is 5.56. The summed E-state index contributed by atoms with van der Waals surface area (Å²) in [6.45, 7) is 0.486. The van der Waals surface area contributed by atoms with E-state index < -0.39 is 11.8 Å². The first-order valence-corrected chi connectivity index (χ1v) is 4.94. The molecular formula is C10H12ClFN2O. The number of rotatable bonds is 4. The lowest BCUT2D eigenvalue weighted by Gasteiger charge is -2.03. The molecular weight excluding hydrogens is 219 g/mol. The van der Waals surface area contributed by atoms with Crippen LogP contribution in [-0.4, -0.2) is 12.6 Å². The summed E-state index contributed by atoms with van der Waals surface area (Å²) in [5, 5.41) is 2.58. The lowest BCUT2D eigenvalue weighted by Crippen LogP contribution is -2.30. The summed E-state index contributed by atoms with van der Waals surface area (Å²) in [4.78, 5) is 10.3. The molecule has 0 spiro atoms. The van der Waals surface area contributed by atoms with Gasteiger partial charge in [0.15, 0.2) is 0 Å². The molecule has 82 valence electrons. The van der Waals surface area contributed by atoms with E-state index in [1.807, 2.05) is 0 Å². The Morgan fingerprint density at radius 3 is 2.87 bits per heavy atom. The van der Waals surface area contributed by atoms with Gasteiger partial charge in [-0.05, 0) is 30.5 Å². The van der Waals surface area contributed by atoms with Gasteiger partial charge in [-0.2, -0.15) is 0 Å². The fourth-order valence-electron chi connectivity index (χ4n) is 1.20. The largest absolute Gasteiger partial charge is 0.352 e. The van der Waals surface area contributed by atoms with Crippen LogP contribution in [-0.2, 0) is 6.42 Å². The van der Waals surface area contributed by atoms with Crippen LogP contribution < -0.4 is 11.1 Å². The first-order chi connectivity index (χ1) is 7.09. The summed E-state index contributed by atoms with van der Waals surface area (Å²) in [5.41, 5.74) is 5.74. The Morgan fingerprint density at radius 1 is 1.53 bits per heavy atom. The maximum Gasteiger partial charge on any atom is 0.312 e. The first kappa shape index (κ1) is 11.8. The highest BCUT2D eigenvalue weighted by Crippen LogP contribution is 2.16. The second-order valence-electron chi connectivity index (χ2n) is 3.14. The normalized spacial score (nSPS) is 10.0. The molecule has 0 atom stereocenters. The molecule has 15 heavy (non-hydrogen) atoms. The van der Waals surface area contributed by atoms with Gasteiger partial charge in [0.1, 0.15) is 5.82 Å². The van der Waals surface area contributed by atoms with Crippen molar-refractivity contribution in [2.75, 3.05) is 6.54 Å². The van der Waals surface area contributed by atoms with E-state index in [0.29, 0.717) is 19.4 Å². The van der Waals surface area contributed by atoms with Crippen LogP contribution in [0.3, 0.4) is 0 Å². The third kappa shape index (κ3) is 4.16. The summed E-state index contributed by atoms with van der Waals surface area (Å²) < 4.78 is 13.0. The van der Waals surface area contributed by atoms with E-state index >= 15 is 0 Å². The van der Waals surface area contributed by atoms with Crippen molar-refractivity contribution in [2.45, 2.75) is 12.8 Å². The van der Waals surface area contributed by atoms with Crippen molar-refractivity contribution in [3.8, 4) is 0 Å². The number of halogens is 2. The molecule has 0 saturated heterocycles. The van der Waals surface area contributed by atoms with Crippen LogP contribution in [0.15, 0.2) is 18.2 Å². The Labute approximate surface area is 92.4 Å². The van der Waals surface area contributed by atoms with Gasteiger partial charge in [-0.1, -0.05) is 17.7 Å². The molecule has 3 nitrogen and oxygen atoms in total. The molecule has 1 rings (SSSR count). The topological polar surface area (TPSA) is 55.1 Å². The summed E-state index contributed by atoms with van der Waals surface area (Å²) in [6.07, 6.45) is 1.39. The average Bonchev–Trinajstić information content (AvgIpc) is 2.18. The third-order valence-corrected chi connectivity index (χ3v) is 2.23. The Bertz CT molecular complexity index is 357. The molecule has 0 saturated carbocycles. The number of aryl methyl sites for hydroxylation is 1. The Balaban J connectivity index is 2.38. The van der Waals surface area contributed by atoms with Gasteiger partial charge in [0.25, 0.3) is 0 Å². The Kier molecular flexibility index (Phi) is 4.37. The summed E-state index contributed by atoms with van der Waals surface area (Å²) >= 11 is 5.54. The van der Waals surface area contributed by atoms with E-state index in [0.717, 1.165) is 5.56 Å². The predicted octanol–water partition coefficient (Wildman–Crippen LogP) is 2.08. The number of primary amides is 1. The minimum absolute atomic E-state index is 0.119. The Morgan fingerprint density at radius 2 is 2.27 bits per heavy atom. The van der Waals surface area contributed by atoms with Crippen LogP contribution in [0.25, 0.3) is 0 Å². The third-order valence-electron chi connectivity index (χ3n) is 1.93. The number of urea groups is 1. The van der Waals surface area contributed by atoms with Gasteiger partial charge >= 0.3 is 6.03 Å². The van der Waals surface area contributed by atoms with Crippen LogP contribution in [0.5, 0.6) is 0 Å². The van der Waals surface area contributed by atoms with Crippen LogP contribution in [0.4, 0.5) is 9.18 Å². The number of benzene rings is 1. The molecule has 0 aliphatic rings. The molecule has 1 aromatic rings. The lowest BCUT2D eigenvalue weighted by atomic mass is 10.1. The predicted molar refractivity (Wildman–Crippen MR) is 57.3 cm³/mol. The molecule has 0 heterocycles. The van der Waals surface area contributed by atoms with Gasteiger partial charge in [-0.3, -0.25) is 0 Å². The van der Waals surface area contributed by atoms with E-state index in [-0.39, 0.29) is 5.02 Å². The minimum atomic E-state index is -0.544. The quantitative estimate of drug-likeness (QED) is 0.765.